The number of thiophene rings is 1. The van der Waals surface area contributed by atoms with Crippen LogP contribution in [-0.2, 0) is 11.3 Å². The predicted molar refractivity (Wildman–Crippen MR) is 115 cm³/mol. The van der Waals surface area contributed by atoms with Crippen molar-refractivity contribution in [3.05, 3.63) is 76.7 Å². The third-order valence-electron chi connectivity index (χ3n) is 4.89. The van der Waals surface area contributed by atoms with Crippen LogP contribution in [0.15, 0.2) is 60.7 Å². The minimum atomic E-state index is -0.0257. The maximum atomic E-state index is 12.8. The van der Waals surface area contributed by atoms with Crippen LogP contribution in [0.1, 0.15) is 20.8 Å². The van der Waals surface area contributed by atoms with E-state index in [2.05, 4.69) is 53.5 Å². The van der Waals surface area contributed by atoms with Crippen LogP contribution in [-0.4, -0.2) is 32.2 Å². The third kappa shape index (κ3) is 4.26. The Morgan fingerprint density at radius 3 is 2.50 bits per heavy atom. The fourth-order valence-corrected chi connectivity index (χ4v) is 4.44. The largest absolute Gasteiger partial charge is 0.378 e. The van der Waals surface area contributed by atoms with Crippen LogP contribution < -0.4 is 10.2 Å². The highest BCUT2D eigenvalue weighted by molar-refractivity contribution is 7.18. The Morgan fingerprint density at radius 2 is 1.79 bits per heavy atom. The van der Waals surface area contributed by atoms with E-state index in [1.807, 2.05) is 24.3 Å². The lowest BCUT2D eigenvalue weighted by Crippen LogP contribution is -2.35. The lowest BCUT2D eigenvalue weighted by molar-refractivity contribution is 0.0955. The molecule has 0 atom stereocenters. The Labute approximate surface area is 169 Å². The predicted octanol–water partition coefficient (Wildman–Crippen LogP) is 4.49. The number of nitrogens with zero attached hydrogens (tertiary/aromatic N) is 1. The fraction of sp³-hybridized carbons (Fsp3) is 0.261. The molecule has 3 aromatic rings. The molecule has 1 N–H and O–H groups in total. The van der Waals surface area contributed by atoms with Gasteiger partial charge in [0.2, 0.25) is 0 Å². The molecule has 144 valence electrons. The number of ether oxygens (including phenoxy) is 1. The van der Waals surface area contributed by atoms with Gasteiger partial charge in [0, 0.05) is 25.2 Å². The molecule has 0 aliphatic carbocycles. The van der Waals surface area contributed by atoms with E-state index in [0.29, 0.717) is 6.54 Å². The highest BCUT2D eigenvalue weighted by atomic mass is 32.1. The summed E-state index contributed by atoms with van der Waals surface area (Å²) in [4.78, 5) is 15.9. The van der Waals surface area contributed by atoms with Crippen molar-refractivity contribution in [3.63, 3.8) is 0 Å². The van der Waals surface area contributed by atoms with E-state index in [4.69, 9.17) is 4.74 Å². The summed E-state index contributed by atoms with van der Waals surface area (Å²) in [7, 11) is 0. The van der Waals surface area contributed by atoms with Gasteiger partial charge in [-0.2, -0.15) is 0 Å². The van der Waals surface area contributed by atoms with Crippen LogP contribution in [0.5, 0.6) is 0 Å². The molecule has 4 nitrogen and oxygen atoms in total. The number of hydrogen-bond acceptors (Lipinski definition) is 4. The number of aryl methyl sites for hydroxylation is 1. The van der Waals surface area contributed by atoms with E-state index in [1.54, 1.807) is 11.3 Å². The van der Waals surface area contributed by atoms with Gasteiger partial charge in [-0.05, 0) is 24.1 Å². The molecule has 2 heterocycles. The van der Waals surface area contributed by atoms with E-state index in [9.17, 15) is 4.79 Å². The minimum absolute atomic E-state index is 0.0257. The van der Waals surface area contributed by atoms with Gasteiger partial charge < -0.3 is 15.0 Å². The Hall–Kier alpha value is -2.63. The number of carbonyl (C=O) groups is 1. The molecule has 1 aliphatic rings. The van der Waals surface area contributed by atoms with Gasteiger partial charge >= 0.3 is 0 Å². The molecule has 0 radical (unpaired) electrons. The van der Waals surface area contributed by atoms with Crippen molar-refractivity contribution in [2.45, 2.75) is 13.5 Å². The zero-order valence-electron chi connectivity index (χ0n) is 16.0. The Balaban J connectivity index is 1.57. The van der Waals surface area contributed by atoms with Gasteiger partial charge in [0.25, 0.3) is 5.91 Å². The zero-order chi connectivity index (χ0) is 19.3. The quantitative estimate of drug-likeness (QED) is 0.696. The van der Waals surface area contributed by atoms with Crippen molar-refractivity contribution in [1.82, 2.24) is 5.32 Å². The summed E-state index contributed by atoms with van der Waals surface area (Å²) in [6.45, 7) is 5.74. The molecular formula is C23H24N2O2S. The number of morpholine rings is 1. The first-order chi connectivity index (χ1) is 13.7. The van der Waals surface area contributed by atoms with Gasteiger partial charge in [-0.25, -0.2) is 0 Å². The van der Waals surface area contributed by atoms with Crippen LogP contribution in [0.4, 0.5) is 5.00 Å². The average Bonchev–Trinajstić information content (AvgIpc) is 3.20. The molecule has 5 heteroatoms. The molecule has 0 spiro atoms. The number of carbonyl (C=O) groups excluding carboxylic acids is 1. The number of amides is 1. The minimum Gasteiger partial charge on any atom is -0.378 e. The second-order valence-corrected chi connectivity index (χ2v) is 7.99. The SMILES string of the molecule is Cc1ccc(CNC(=O)c2cc(-c3ccccc3)c(N3CCOCC3)s2)cc1. The Kier molecular flexibility index (Phi) is 5.74. The lowest BCUT2D eigenvalue weighted by atomic mass is 10.1. The molecule has 0 bridgehead atoms. The van der Waals surface area contributed by atoms with Crippen LogP contribution in [0, 0.1) is 6.92 Å². The molecule has 1 saturated heterocycles. The Bertz CT molecular complexity index is 929. The molecule has 0 unspecified atom stereocenters. The van der Waals surface area contributed by atoms with Gasteiger partial charge in [0.15, 0.2) is 0 Å². The van der Waals surface area contributed by atoms with E-state index >= 15 is 0 Å². The van der Waals surface area contributed by atoms with Crippen molar-refractivity contribution < 1.29 is 9.53 Å². The smallest absolute Gasteiger partial charge is 0.261 e. The van der Waals surface area contributed by atoms with Gasteiger partial charge in [0.05, 0.1) is 23.1 Å². The first kappa shape index (κ1) is 18.7. The summed E-state index contributed by atoms with van der Waals surface area (Å²) < 4.78 is 5.50. The standard InChI is InChI=1S/C23H24N2O2S/c1-17-7-9-18(10-8-17)16-24-22(26)21-15-20(19-5-3-2-4-6-19)23(28-21)25-11-13-27-14-12-25/h2-10,15H,11-14,16H2,1H3,(H,24,26). The average molecular weight is 393 g/mol. The topological polar surface area (TPSA) is 41.6 Å². The van der Waals surface area contributed by atoms with Crippen molar-refractivity contribution in [2.75, 3.05) is 31.2 Å². The number of benzene rings is 2. The van der Waals surface area contributed by atoms with Crippen LogP contribution in [0.2, 0.25) is 0 Å². The van der Waals surface area contributed by atoms with Gasteiger partial charge in [-0.1, -0.05) is 60.2 Å². The van der Waals surface area contributed by atoms with Crippen LogP contribution in [0.25, 0.3) is 11.1 Å². The maximum Gasteiger partial charge on any atom is 0.261 e. The number of hydrogen-bond donors (Lipinski definition) is 1. The lowest BCUT2D eigenvalue weighted by Gasteiger charge is -2.28. The highest BCUT2D eigenvalue weighted by Gasteiger charge is 2.21. The monoisotopic (exact) mass is 392 g/mol. The van der Waals surface area contributed by atoms with E-state index < -0.39 is 0 Å². The maximum absolute atomic E-state index is 12.8. The Morgan fingerprint density at radius 1 is 1.07 bits per heavy atom. The summed E-state index contributed by atoms with van der Waals surface area (Å²) in [6.07, 6.45) is 0. The first-order valence-electron chi connectivity index (χ1n) is 9.56. The van der Waals surface area contributed by atoms with Crippen LogP contribution >= 0.6 is 11.3 Å². The molecule has 4 rings (SSSR count). The van der Waals surface area contributed by atoms with Crippen molar-refractivity contribution >= 4 is 22.2 Å². The number of rotatable bonds is 5. The molecule has 2 aromatic carbocycles. The summed E-state index contributed by atoms with van der Waals surface area (Å²) in [5.41, 5.74) is 4.58. The van der Waals surface area contributed by atoms with E-state index in [0.717, 1.165) is 52.9 Å². The summed E-state index contributed by atoms with van der Waals surface area (Å²) in [5.74, 6) is -0.0257. The molecule has 0 saturated carbocycles. The number of anilines is 1. The molecular weight excluding hydrogens is 368 g/mol. The van der Waals surface area contributed by atoms with Crippen molar-refractivity contribution in [1.29, 1.82) is 0 Å². The van der Waals surface area contributed by atoms with Gasteiger partial charge in [-0.15, -0.1) is 11.3 Å². The summed E-state index contributed by atoms with van der Waals surface area (Å²) >= 11 is 1.56. The van der Waals surface area contributed by atoms with Crippen molar-refractivity contribution in [2.24, 2.45) is 0 Å². The molecule has 1 fully saturated rings. The summed E-state index contributed by atoms with van der Waals surface area (Å²) in [5, 5.41) is 4.21. The molecule has 1 aliphatic heterocycles. The second kappa shape index (κ2) is 8.59. The second-order valence-electron chi connectivity index (χ2n) is 6.96. The third-order valence-corrected chi connectivity index (χ3v) is 6.09. The van der Waals surface area contributed by atoms with Gasteiger partial charge in [-0.3, -0.25) is 4.79 Å². The van der Waals surface area contributed by atoms with Crippen molar-refractivity contribution in [3.8, 4) is 11.1 Å². The van der Waals surface area contributed by atoms with Gasteiger partial charge in [0.1, 0.15) is 0 Å². The van der Waals surface area contributed by atoms with E-state index in [-0.39, 0.29) is 5.91 Å². The molecule has 1 aromatic heterocycles. The number of nitrogens with one attached hydrogen (secondary N) is 1. The highest BCUT2D eigenvalue weighted by Crippen LogP contribution is 2.39. The normalized spacial score (nSPS) is 14.1. The zero-order valence-corrected chi connectivity index (χ0v) is 16.8. The van der Waals surface area contributed by atoms with Crippen LogP contribution in [0.3, 0.4) is 0 Å². The molecule has 1 amide bonds. The summed E-state index contributed by atoms with van der Waals surface area (Å²) in [6, 6.07) is 20.5. The fourth-order valence-electron chi connectivity index (χ4n) is 3.29. The molecule has 28 heavy (non-hydrogen) atoms. The van der Waals surface area contributed by atoms with E-state index in [1.165, 1.54) is 5.56 Å². The first-order valence-corrected chi connectivity index (χ1v) is 10.4.